The molecule has 96 valence electrons. The molecular weight excluding hydrogens is 202 g/mol. The lowest BCUT2D eigenvalue weighted by Crippen LogP contribution is -2.44. The van der Waals surface area contributed by atoms with E-state index in [1.807, 2.05) is 7.05 Å². The zero-order valence-corrected chi connectivity index (χ0v) is 11.0. The van der Waals surface area contributed by atoms with Crippen molar-refractivity contribution in [2.45, 2.75) is 57.6 Å². The molecule has 1 saturated carbocycles. The molecule has 0 bridgehead atoms. The van der Waals surface area contributed by atoms with Crippen LogP contribution in [0.4, 0.5) is 0 Å². The monoisotopic (exact) mass is 229 g/mol. The molecular formula is C13H27NO2. The molecule has 0 radical (unpaired) electrons. The molecule has 0 aliphatic heterocycles. The summed E-state index contributed by atoms with van der Waals surface area (Å²) < 4.78 is 5.86. The first kappa shape index (κ1) is 13.9. The summed E-state index contributed by atoms with van der Waals surface area (Å²) in [7, 11) is 1.93. The van der Waals surface area contributed by atoms with Crippen molar-refractivity contribution >= 4 is 0 Å². The normalized spacial score (nSPS) is 30.2. The smallest absolute Gasteiger partial charge is 0.0614 e. The lowest BCUT2D eigenvalue weighted by molar-refractivity contribution is 0.0442. The van der Waals surface area contributed by atoms with Gasteiger partial charge in [-0.2, -0.15) is 0 Å². The van der Waals surface area contributed by atoms with Crippen LogP contribution in [-0.4, -0.2) is 37.0 Å². The van der Waals surface area contributed by atoms with Crippen LogP contribution in [0.3, 0.4) is 0 Å². The van der Waals surface area contributed by atoms with Crippen LogP contribution in [-0.2, 0) is 4.74 Å². The van der Waals surface area contributed by atoms with E-state index in [0.717, 1.165) is 38.2 Å². The average molecular weight is 229 g/mol. The van der Waals surface area contributed by atoms with Crippen molar-refractivity contribution in [3.63, 3.8) is 0 Å². The highest BCUT2D eigenvalue weighted by molar-refractivity contribution is 4.95. The van der Waals surface area contributed by atoms with Crippen molar-refractivity contribution in [3.05, 3.63) is 0 Å². The standard InChI is InChI=1S/C13H27NO2/c1-11(2)5-4-8-16-12-6-7-13(9-12,10-15)14-3/h11-12,14-15H,4-10H2,1-3H3. The molecule has 2 N–H and O–H groups in total. The zero-order valence-electron chi connectivity index (χ0n) is 11.0. The van der Waals surface area contributed by atoms with E-state index in [1.165, 1.54) is 6.42 Å². The van der Waals surface area contributed by atoms with Gasteiger partial charge in [-0.15, -0.1) is 0 Å². The van der Waals surface area contributed by atoms with Gasteiger partial charge in [0.25, 0.3) is 0 Å². The number of hydrogen-bond acceptors (Lipinski definition) is 3. The Morgan fingerprint density at radius 2 is 2.25 bits per heavy atom. The van der Waals surface area contributed by atoms with Crippen molar-refractivity contribution in [3.8, 4) is 0 Å². The minimum Gasteiger partial charge on any atom is -0.394 e. The number of aliphatic hydroxyl groups is 1. The highest BCUT2D eigenvalue weighted by atomic mass is 16.5. The van der Waals surface area contributed by atoms with Crippen LogP contribution in [0.1, 0.15) is 46.0 Å². The molecule has 2 atom stereocenters. The molecule has 2 unspecified atom stereocenters. The fourth-order valence-electron chi connectivity index (χ4n) is 2.41. The predicted molar refractivity (Wildman–Crippen MR) is 66.5 cm³/mol. The Labute approximate surface area is 99.6 Å². The molecule has 3 nitrogen and oxygen atoms in total. The Morgan fingerprint density at radius 1 is 1.50 bits per heavy atom. The quantitative estimate of drug-likeness (QED) is 0.656. The Balaban J connectivity index is 2.16. The molecule has 0 spiro atoms. The number of nitrogens with one attached hydrogen (secondary N) is 1. The van der Waals surface area contributed by atoms with Gasteiger partial charge in [0, 0.05) is 12.1 Å². The van der Waals surface area contributed by atoms with Gasteiger partial charge in [0.15, 0.2) is 0 Å². The average Bonchev–Trinajstić information content (AvgIpc) is 2.69. The van der Waals surface area contributed by atoms with Crippen molar-refractivity contribution in [1.82, 2.24) is 5.32 Å². The Kier molecular flexibility index (Phi) is 5.73. The van der Waals surface area contributed by atoms with Crippen molar-refractivity contribution in [2.75, 3.05) is 20.3 Å². The van der Waals surface area contributed by atoms with Gasteiger partial charge in [-0.3, -0.25) is 0 Å². The van der Waals surface area contributed by atoms with Gasteiger partial charge in [0.1, 0.15) is 0 Å². The summed E-state index contributed by atoms with van der Waals surface area (Å²) in [6.07, 6.45) is 5.77. The molecule has 0 heterocycles. The summed E-state index contributed by atoms with van der Waals surface area (Å²) in [5.41, 5.74) is -0.0806. The van der Waals surface area contributed by atoms with Crippen LogP contribution in [0.25, 0.3) is 0 Å². The van der Waals surface area contributed by atoms with Crippen LogP contribution in [0.15, 0.2) is 0 Å². The van der Waals surface area contributed by atoms with E-state index in [4.69, 9.17) is 4.74 Å². The molecule has 16 heavy (non-hydrogen) atoms. The fourth-order valence-corrected chi connectivity index (χ4v) is 2.41. The summed E-state index contributed by atoms with van der Waals surface area (Å²) in [5.74, 6) is 0.765. The van der Waals surface area contributed by atoms with E-state index >= 15 is 0 Å². The molecule has 3 heteroatoms. The highest BCUT2D eigenvalue weighted by Gasteiger charge is 2.37. The molecule has 0 saturated heterocycles. The third-order valence-electron chi connectivity index (χ3n) is 3.68. The topological polar surface area (TPSA) is 41.5 Å². The van der Waals surface area contributed by atoms with Gasteiger partial charge < -0.3 is 15.2 Å². The summed E-state index contributed by atoms with van der Waals surface area (Å²) >= 11 is 0. The van der Waals surface area contributed by atoms with E-state index in [9.17, 15) is 5.11 Å². The van der Waals surface area contributed by atoms with Gasteiger partial charge in [0.05, 0.1) is 12.7 Å². The maximum absolute atomic E-state index is 9.36. The summed E-state index contributed by atoms with van der Waals surface area (Å²) in [5, 5.41) is 12.6. The Morgan fingerprint density at radius 3 is 2.75 bits per heavy atom. The first-order valence-corrected chi connectivity index (χ1v) is 6.53. The third-order valence-corrected chi connectivity index (χ3v) is 3.68. The second kappa shape index (κ2) is 6.58. The third kappa shape index (κ3) is 4.04. The van der Waals surface area contributed by atoms with Gasteiger partial charge in [0.2, 0.25) is 0 Å². The predicted octanol–water partition coefficient (Wildman–Crippen LogP) is 1.94. The Bertz CT molecular complexity index is 190. The van der Waals surface area contributed by atoms with E-state index in [-0.39, 0.29) is 12.1 Å². The second-order valence-corrected chi connectivity index (χ2v) is 5.46. The van der Waals surface area contributed by atoms with Crippen LogP contribution >= 0.6 is 0 Å². The minimum absolute atomic E-state index is 0.0806. The van der Waals surface area contributed by atoms with E-state index in [0.29, 0.717) is 6.10 Å². The maximum Gasteiger partial charge on any atom is 0.0614 e. The zero-order chi connectivity index (χ0) is 12.0. The molecule has 0 aromatic carbocycles. The molecule has 1 aliphatic carbocycles. The molecule has 1 aliphatic rings. The van der Waals surface area contributed by atoms with Crippen LogP contribution in [0.2, 0.25) is 0 Å². The second-order valence-electron chi connectivity index (χ2n) is 5.46. The van der Waals surface area contributed by atoms with Gasteiger partial charge in [-0.1, -0.05) is 13.8 Å². The molecule has 0 amide bonds. The highest BCUT2D eigenvalue weighted by Crippen LogP contribution is 2.31. The lowest BCUT2D eigenvalue weighted by Gasteiger charge is -2.26. The van der Waals surface area contributed by atoms with Crippen LogP contribution < -0.4 is 5.32 Å². The number of ether oxygens (including phenoxy) is 1. The summed E-state index contributed by atoms with van der Waals surface area (Å²) in [6.45, 7) is 5.57. The Hall–Kier alpha value is -0.120. The summed E-state index contributed by atoms with van der Waals surface area (Å²) in [6, 6.07) is 0. The number of likely N-dealkylation sites (N-methyl/N-ethyl adjacent to an activating group) is 1. The van der Waals surface area contributed by atoms with E-state index in [2.05, 4.69) is 19.2 Å². The van der Waals surface area contributed by atoms with Crippen molar-refractivity contribution in [1.29, 1.82) is 0 Å². The molecule has 1 fully saturated rings. The van der Waals surface area contributed by atoms with Crippen LogP contribution in [0, 0.1) is 5.92 Å². The van der Waals surface area contributed by atoms with Gasteiger partial charge in [-0.25, -0.2) is 0 Å². The van der Waals surface area contributed by atoms with Crippen molar-refractivity contribution < 1.29 is 9.84 Å². The van der Waals surface area contributed by atoms with E-state index < -0.39 is 0 Å². The van der Waals surface area contributed by atoms with E-state index in [1.54, 1.807) is 0 Å². The minimum atomic E-state index is -0.0806. The molecule has 1 rings (SSSR count). The maximum atomic E-state index is 9.36. The lowest BCUT2D eigenvalue weighted by atomic mass is 9.99. The molecule has 0 aromatic heterocycles. The number of aliphatic hydroxyl groups excluding tert-OH is 1. The summed E-state index contributed by atoms with van der Waals surface area (Å²) in [4.78, 5) is 0. The van der Waals surface area contributed by atoms with Crippen molar-refractivity contribution in [2.24, 2.45) is 5.92 Å². The van der Waals surface area contributed by atoms with Gasteiger partial charge >= 0.3 is 0 Å². The molecule has 0 aromatic rings. The SMILES string of the molecule is CNC1(CO)CCC(OCCCC(C)C)C1. The first-order valence-electron chi connectivity index (χ1n) is 6.53. The number of hydrogen-bond donors (Lipinski definition) is 2. The largest absolute Gasteiger partial charge is 0.394 e. The number of rotatable bonds is 7. The fraction of sp³-hybridized carbons (Fsp3) is 1.00. The van der Waals surface area contributed by atoms with Crippen LogP contribution in [0.5, 0.6) is 0 Å². The first-order chi connectivity index (χ1) is 7.62. The van der Waals surface area contributed by atoms with Gasteiger partial charge in [-0.05, 0) is 45.1 Å².